The summed E-state index contributed by atoms with van der Waals surface area (Å²) in [5.41, 5.74) is 0.642. The number of rotatable bonds is 2. The van der Waals surface area contributed by atoms with E-state index in [0.29, 0.717) is 6.54 Å². The first-order chi connectivity index (χ1) is 9.29. The van der Waals surface area contributed by atoms with E-state index in [4.69, 9.17) is 0 Å². The zero-order chi connectivity index (χ0) is 14.9. The molecule has 0 bridgehead atoms. The van der Waals surface area contributed by atoms with Crippen molar-refractivity contribution >= 4 is 27.7 Å². The monoisotopic (exact) mass is 341 g/mol. The number of hydrogen-bond acceptors (Lipinski definition) is 3. The maximum absolute atomic E-state index is 11.5. The molecule has 5 nitrogen and oxygen atoms in total. The van der Waals surface area contributed by atoms with Crippen LogP contribution in [0.2, 0.25) is 0 Å². The largest absolute Gasteiger partial charge is 0.465 e. The molecule has 0 saturated carbocycles. The number of nitrogens with zero attached hydrogens (tertiary/aromatic N) is 3. The molecule has 1 saturated heterocycles. The quantitative estimate of drug-likeness (QED) is 0.897. The molecule has 0 radical (unpaired) electrons. The summed E-state index contributed by atoms with van der Waals surface area (Å²) in [6.45, 7) is 7.36. The average Bonchev–Trinajstić information content (AvgIpc) is 2.75. The molecular formula is C14H20BrN3O2. The Hall–Kier alpha value is -1.30. The van der Waals surface area contributed by atoms with Crippen LogP contribution in [0.3, 0.4) is 0 Å². The van der Waals surface area contributed by atoms with Crippen LogP contribution in [-0.4, -0.2) is 45.8 Å². The lowest BCUT2D eigenvalue weighted by Crippen LogP contribution is -2.52. The minimum Gasteiger partial charge on any atom is -0.465 e. The highest BCUT2D eigenvalue weighted by Crippen LogP contribution is 2.28. The number of halogens is 1. The molecule has 1 aromatic rings. The summed E-state index contributed by atoms with van der Waals surface area (Å²) in [5, 5.41) is 9.46. The highest BCUT2D eigenvalue weighted by Gasteiger charge is 2.37. The number of carbonyl (C=O) groups is 1. The molecule has 2 heterocycles. The summed E-state index contributed by atoms with van der Waals surface area (Å²) in [5.74, 6) is 0. The molecule has 1 aliphatic heterocycles. The minimum atomic E-state index is -0.850. The Labute approximate surface area is 127 Å². The van der Waals surface area contributed by atoms with E-state index in [-0.39, 0.29) is 11.6 Å². The Bertz CT molecular complexity index is 501. The third kappa shape index (κ3) is 3.23. The van der Waals surface area contributed by atoms with Gasteiger partial charge in [0.15, 0.2) is 0 Å². The minimum absolute atomic E-state index is 0.0199. The van der Waals surface area contributed by atoms with Crippen LogP contribution in [0.1, 0.15) is 27.2 Å². The second-order valence-corrected chi connectivity index (χ2v) is 6.99. The smallest absolute Gasteiger partial charge is 0.408 e. The Morgan fingerprint density at radius 2 is 2.20 bits per heavy atom. The van der Waals surface area contributed by atoms with Gasteiger partial charge in [-0.1, -0.05) is 0 Å². The molecule has 2 rings (SSSR count). The fourth-order valence-corrected chi connectivity index (χ4v) is 3.10. The molecule has 0 aromatic carbocycles. The molecule has 0 aliphatic carbocycles. The van der Waals surface area contributed by atoms with Crippen molar-refractivity contribution < 1.29 is 9.90 Å². The number of hydrogen-bond donors (Lipinski definition) is 1. The molecule has 1 aliphatic rings. The van der Waals surface area contributed by atoms with Gasteiger partial charge in [-0.05, 0) is 49.2 Å². The van der Waals surface area contributed by atoms with E-state index in [1.54, 1.807) is 11.1 Å². The summed E-state index contributed by atoms with van der Waals surface area (Å²) < 4.78 is 0.935. The van der Waals surface area contributed by atoms with E-state index in [9.17, 15) is 9.90 Å². The van der Waals surface area contributed by atoms with E-state index in [1.165, 1.54) is 0 Å². The number of aromatic nitrogens is 1. The lowest BCUT2D eigenvalue weighted by atomic mass is 10.0. The van der Waals surface area contributed by atoms with Crippen molar-refractivity contribution in [3.63, 3.8) is 0 Å². The molecule has 1 N–H and O–H groups in total. The number of anilines is 1. The first-order valence-electron chi connectivity index (χ1n) is 6.67. The first-order valence-corrected chi connectivity index (χ1v) is 7.46. The summed E-state index contributed by atoms with van der Waals surface area (Å²) in [4.78, 5) is 19.4. The van der Waals surface area contributed by atoms with Gasteiger partial charge < -0.3 is 10.0 Å². The summed E-state index contributed by atoms with van der Waals surface area (Å²) >= 11 is 3.41. The number of pyridine rings is 1. The van der Waals surface area contributed by atoms with Crippen molar-refractivity contribution in [2.75, 3.05) is 18.0 Å². The molecule has 1 amide bonds. The molecule has 110 valence electrons. The highest BCUT2D eigenvalue weighted by molar-refractivity contribution is 9.10. The van der Waals surface area contributed by atoms with E-state index in [2.05, 4.69) is 25.8 Å². The van der Waals surface area contributed by atoms with E-state index in [1.807, 2.05) is 33.0 Å². The zero-order valence-corrected chi connectivity index (χ0v) is 13.6. The Balaban J connectivity index is 2.14. The molecule has 1 unspecified atom stereocenters. The van der Waals surface area contributed by atoms with E-state index < -0.39 is 6.09 Å². The van der Waals surface area contributed by atoms with Gasteiger partial charge in [0.2, 0.25) is 0 Å². The Morgan fingerprint density at radius 3 is 2.75 bits per heavy atom. The van der Waals surface area contributed by atoms with Crippen LogP contribution in [0.5, 0.6) is 0 Å². The van der Waals surface area contributed by atoms with Crippen molar-refractivity contribution in [3.05, 3.63) is 22.9 Å². The number of amides is 1. The summed E-state index contributed by atoms with van der Waals surface area (Å²) in [6.07, 6.45) is 3.55. The summed E-state index contributed by atoms with van der Waals surface area (Å²) in [6, 6.07) is 2.03. The zero-order valence-electron chi connectivity index (χ0n) is 12.0. The topological polar surface area (TPSA) is 56.7 Å². The SMILES string of the molecule is CC(C)(C)N(C(=O)O)C1CCN(c2cncc(Br)c2)C1. The van der Waals surface area contributed by atoms with Crippen molar-refractivity contribution in [1.82, 2.24) is 9.88 Å². The first kappa shape index (κ1) is 15.1. The second-order valence-electron chi connectivity index (χ2n) is 6.07. The Kier molecular flexibility index (Phi) is 4.22. The van der Waals surface area contributed by atoms with Gasteiger partial charge in [0.1, 0.15) is 0 Å². The predicted octanol–water partition coefficient (Wildman–Crippen LogP) is 3.20. The molecule has 1 fully saturated rings. The number of carboxylic acid groups (broad SMARTS) is 1. The predicted molar refractivity (Wildman–Crippen MR) is 82.2 cm³/mol. The van der Waals surface area contributed by atoms with Crippen LogP contribution in [0.15, 0.2) is 22.9 Å². The molecule has 0 spiro atoms. The average molecular weight is 342 g/mol. The van der Waals surface area contributed by atoms with Crippen LogP contribution < -0.4 is 4.90 Å². The van der Waals surface area contributed by atoms with Gasteiger partial charge >= 0.3 is 6.09 Å². The van der Waals surface area contributed by atoms with Gasteiger partial charge in [-0.25, -0.2) is 4.79 Å². The highest BCUT2D eigenvalue weighted by atomic mass is 79.9. The lowest BCUT2D eigenvalue weighted by Gasteiger charge is -2.38. The van der Waals surface area contributed by atoms with E-state index >= 15 is 0 Å². The Morgan fingerprint density at radius 1 is 1.50 bits per heavy atom. The lowest BCUT2D eigenvalue weighted by molar-refractivity contribution is 0.0763. The molecule has 6 heteroatoms. The van der Waals surface area contributed by atoms with Crippen LogP contribution in [-0.2, 0) is 0 Å². The van der Waals surface area contributed by atoms with Gasteiger partial charge in [-0.2, -0.15) is 0 Å². The third-order valence-electron chi connectivity index (χ3n) is 3.51. The van der Waals surface area contributed by atoms with E-state index in [0.717, 1.165) is 23.1 Å². The van der Waals surface area contributed by atoms with Gasteiger partial charge in [0, 0.05) is 29.3 Å². The van der Waals surface area contributed by atoms with Gasteiger partial charge in [0.25, 0.3) is 0 Å². The van der Waals surface area contributed by atoms with Crippen LogP contribution >= 0.6 is 15.9 Å². The molecule has 20 heavy (non-hydrogen) atoms. The van der Waals surface area contributed by atoms with Crippen molar-refractivity contribution in [2.45, 2.75) is 38.8 Å². The fourth-order valence-electron chi connectivity index (χ4n) is 2.75. The van der Waals surface area contributed by atoms with Crippen LogP contribution in [0.4, 0.5) is 10.5 Å². The van der Waals surface area contributed by atoms with Gasteiger partial charge in [-0.3, -0.25) is 9.88 Å². The maximum Gasteiger partial charge on any atom is 0.408 e. The van der Waals surface area contributed by atoms with Gasteiger partial charge in [-0.15, -0.1) is 0 Å². The molecule has 1 aromatic heterocycles. The maximum atomic E-state index is 11.5. The second kappa shape index (κ2) is 5.60. The molecular weight excluding hydrogens is 322 g/mol. The van der Waals surface area contributed by atoms with Gasteiger partial charge in [0.05, 0.1) is 17.9 Å². The fraction of sp³-hybridized carbons (Fsp3) is 0.571. The normalized spacial score (nSPS) is 19.2. The van der Waals surface area contributed by atoms with Crippen molar-refractivity contribution in [3.8, 4) is 0 Å². The molecule has 1 atom stereocenters. The van der Waals surface area contributed by atoms with Crippen LogP contribution in [0.25, 0.3) is 0 Å². The summed E-state index contributed by atoms with van der Waals surface area (Å²) in [7, 11) is 0. The van der Waals surface area contributed by atoms with Crippen LogP contribution in [0, 0.1) is 0 Å². The van der Waals surface area contributed by atoms with Crippen molar-refractivity contribution in [1.29, 1.82) is 0 Å². The van der Waals surface area contributed by atoms with Crippen molar-refractivity contribution in [2.24, 2.45) is 0 Å². The standard InChI is InChI=1S/C14H20BrN3O2/c1-14(2,3)18(13(19)20)11-4-5-17(9-11)12-6-10(15)7-16-8-12/h6-8,11H,4-5,9H2,1-3H3,(H,19,20). The third-order valence-corrected chi connectivity index (χ3v) is 3.95.